The lowest BCUT2D eigenvalue weighted by Crippen LogP contribution is -2.44. The number of carbonyl (C=O) groups is 1. The van der Waals surface area contributed by atoms with Crippen LogP contribution in [0.1, 0.15) is 44.2 Å². The number of methoxy groups -OCH3 is 1. The number of hydrogen-bond donors (Lipinski definition) is 1. The van der Waals surface area contributed by atoms with Gasteiger partial charge in [-0.3, -0.25) is 4.79 Å². The number of aryl methyl sites for hydroxylation is 1. The fraction of sp³-hybridized carbons (Fsp3) is 0.588. The molecule has 1 fully saturated rings. The molecule has 1 amide bonds. The summed E-state index contributed by atoms with van der Waals surface area (Å²) in [4.78, 5) is 11.7. The van der Waals surface area contributed by atoms with Crippen LogP contribution < -0.4 is 10.1 Å². The minimum atomic E-state index is -0.0632. The van der Waals surface area contributed by atoms with Crippen molar-refractivity contribution in [2.45, 2.75) is 52.0 Å². The zero-order valence-corrected chi connectivity index (χ0v) is 13.0. The summed E-state index contributed by atoms with van der Waals surface area (Å²) in [5.74, 6) is 1.69. The van der Waals surface area contributed by atoms with Crippen LogP contribution >= 0.6 is 0 Å². The van der Waals surface area contributed by atoms with Crippen molar-refractivity contribution in [3.8, 4) is 5.75 Å². The first-order valence-corrected chi connectivity index (χ1v) is 7.39. The lowest BCUT2D eigenvalue weighted by atomic mass is 9.82. The van der Waals surface area contributed by atoms with Gasteiger partial charge < -0.3 is 10.1 Å². The monoisotopic (exact) mass is 275 g/mol. The number of benzene rings is 1. The summed E-state index contributed by atoms with van der Waals surface area (Å²) in [7, 11) is 1.69. The maximum atomic E-state index is 11.7. The van der Waals surface area contributed by atoms with Gasteiger partial charge in [-0.1, -0.05) is 26.0 Å². The first kappa shape index (κ1) is 14.9. The van der Waals surface area contributed by atoms with E-state index in [-0.39, 0.29) is 11.4 Å². The first-order valence-electron chi connectivity index (χ1n) is 7.39. The molecular formula is C17H25NO2. The Labute approximate surface area is 121 Å². The molecule has 110 valence electrons. The standard InChI is InChI=1S/C17H25NO2/c1-12(2)10-17(8-7-16(19)18-17)11-14-5-6-15(20-4)13(3)9-14/h5-6,9,12H,7-8,10-11H2,1-4H3,(H,18,19). The van der Waals surface area contributed by atoms with E-state index in [1.165, 1.54) is 5.56 Å². The fourth-order valence-electron chi connectivity index (χ4n) is 3.35. The Balaban J connectivity index is 2.20. The summed E-state index contributed by atoms with van der Waals surface area (Å²) < 4.78 is 5.31. The molecule has 1 atom stereocenters. The minimum Gasteiger partial charge on any atom is -0.496 e. The maximum Gasteiger partial charge on any atom is 0.220 e. The predicted molar refractivity (Wildman–Crippen MR) is 81.0 cm³/mol. The third-order valence-corrected chi connectivity index (χ3v) is 4.04. The van der Waals surface area contributed by atoms with Crippen molar-refractivity contribution in [1.29, 1.82) is 0 Å². The van der Waals surface area contributed by atoms with E-state index < -0.39 is 0 Å². The highest BCUT2D eigenvalue weighted by molar-refractivity contribution is 5.79. The largest absolute Gasteiger partial charge is 0.496 e. The Morgan fingerprint density at radius 3 is 2.65 bits per heavy atom. The van der Waals surface area contributed by atoms with Gasteiger partial charge in [-0.05, 0) is 49.3 Å². The van der Waals surface area contributed by atoms with E-state index in [0.29, 0.717) is 12.3 Å². The summed E-state index contributed by atoms with van der Waals surface area (Å²) in [6, 6.07) is 6.30. The highest BCUT2D eigenvalue weighted by Gasteiger charge is 2.38. The molecule has 3 nitrogen and oxygen atoms in total. The molecule has 0 radical (unpaired) electrons. The molecule has 0 aliphatic carbocycles. The van der Waals surface area contributed by atoms with Crippen LogP contribution in [0.15, 0.2) is 18.2 Å². The molecule has 1 aromatic carbocycles. The molecule has 0 aromatic heterocycles. The van der Waals surface area contributed by atoms with Gasteiger partial charge in [0, 0.05) is 12.0 Å². The van der Waals surface area contributed by atoms with Crippen LogP contribution in [-0.4, -0.2) is 18.6 Å². The fourth-order valence-corrected chi connectivity index (χ4v) is 3.35. The molecule has 20 heavy (non-hydrogen) atoms. The molecule has 0 spiro atoms. The molecule has 1 N–H and O–H groups in total. The molecule has 3 heteroatoms. The van der Waals surface area contributed by atoms with Gasteiger partial charge >= 0.3 is 0 Å². The van der Waals surface area contributed by atoms with Crippen LogP contribution in [0.2, 0.25) is 0 Å². The molecule has 1 aromatic rings. The number of carbonyl (C=O) groups excluding carboxylic acids is 1. The third kappa shape index (κ3) is 3.33. The van der Waals surface area contributed by atoms with Crippen LogP contribution in [-0.2, 0) is 11.2 Å². The minimum absolute atomic E-state index is 0.0632. The Hall–Kier alpha value is -1.51. The van der Waals surface area contributed by atoms with Gasteiger partial charge in [0.15, 0.2) is 0 Å². The summed E-state index contributed by atoms with van der Waals surface area (Å²) in [6.45, 7) is 6.49. The Morgan fingerprint density at radius 2 is 2.15 bits per heavy atom. The molecular weight excluding hydrogens is 250 g/mol. The van der Waals surface area contributed by atoms with E-state index >= 15 is 0 Å². The van der Waals surface area contributed by atoms with Crippen molar-refractivity contribution in [2.24, 2.45) is 5.92 Å². The average Bonchev–Trinajstić information content (AvgIpc) is 2.69. The second kappa shape index (κ2) is 5.86. The lowest BCUT2D eigenvalue weighted by molar-refractivity contribution is -0.119. The number of hydrogen-bond acceptors (Lipinski definition) is 2. The van der Waals surface area contributed by atoms with Crippen LogP contribution in [0.25, 0.3) is 0 Å². The summed E-state index contributed by atoms with van der Waals surface area (Å²) in [6.07, 6.45) is 3.53. The van der Waals surface area contributed by atoms with Crippen LogP contribution in [0.5, 0.6) is 5.75 Å². The number of nitrogens with one attached hydrogen (secondary N) is 1. The smallest absolute Gasteiger partial charge is 0.220 e. The second-order valence-electron chi connectivity index (χ2n) is 6.41. The average molecular weight is 275 g/mol. The van der Waals surface area contributed by atoms with Crippen molar-refractivity contribution >= 4 is 5.91 Å². The summed E-state index contributed by atoms with van der Waals surface area (Å²) in [5.41, 5.74) is 2.35. The van der Waals surface area contributed by atoms with E-state index in [2.05, 4.69) is 38.2 Å². The maximum absolute atomic E-state index is 11.7. The van der Waals surface area contributed by atoms with E-state index in [9.17, 15) is 4.79 Å². The molecule has 1 aliphatic rings. The van der Waals surface area contributed by atoms with E-state index in [1.54, 1.807) is 7.11 Å². The summed E-state index contributed by atoms with van der Waals surface area (Å²) >= 11 is 0. The molecule has 0 bridgehead atoms. The van der Waals surface area contributed by atoms with Crippen molar-refractivity contribution < 1.29 is 9.53 Å². The van der Waals surface area contributed by atoms with Crippen molar-refractivity contribution in [3.63, 3.8) is 0 Å². The highest BCUT2D eigenvalue weighted by Crippen LogP contribution is 2.32. The number of ether oxygens (including phenoxy) is 1. The summed E-state index contributed by atoms with van der Waals surface area (Å²) in [5, 5.41) is 3.23. The van der Waals surface area contributed by atoms with Crippen LogP contribution in [0.4, 0.5) is 0 Å². The Bertz CT molecular complexity index is 496. The van der Waals surface area contributed by atoms with Gasteiger partial charge in [0.25, 0.3) is 0 Å². The molecule has 1 unspecified atom stereocenters. The lowest BCUT2D eigenvalue weighted by Gasteiger charge is -2.31. The number of amides is 1. The first-order chi connectivity index (χ1) is 9.44. The van der Waals surface area contributed by atoms with Gasteiger partial charge in [-0.15, -0.1) is 0 Å². The molecule has 1 heterocycles. The van der Waals surface area contributed by atoms with Crippen LogP contribution in [0, 0.1) is 12.8 Å². The van der Waals surface area contributed by atoms with E-state index in [4.69, 9.17) is 4.74 Å². The van der Waals surface area contributed by atoms with E-state index in [0.717, 1.165) is 30.6 Å². The molecule has 1 aliphatic heterocycles. The normalized spacial score (nSPS) is 22.1. The van der Waals surface area contributed by atoms with Gasteiger partial charge in [-0.25, -0.2) is 0 Å². The van der Waals surface area contributed by atoms with Gasteiger partial charge in [0.2, 0.25) is 5.91 Å². The van der Waals surface area contributed by atoms with Gasteiger partial charge in [0.05, 0.1) is 7.11 Å². The topological polar surface area (TPSA) is 38.3 Å². The predicted octanol–water partition coefficient (Wildman–Crippen LogP) is 3.24. The highest BCUT2D eigenvalue weighted by atomic mass is 16.5. The SMILES string of the molecule is COc1ccc(CC2(CC(C)C)CCC(=O)N2)cc1C. The van der Waals surface area contributed by atoms with Gasteiger partial charge in [-0.2, -0.15) is 0 Å². The Morgan fingerprint density at radius 1 is 1.40 bits per heavy atom. The third-order valence-electron chi connectivity index (χ3n) is 4.04. The molecule has 2 rings (SSSR count). The van der Waals surface area contributed by atoms with Crippen molar-refractivity contribution in [1.82, 2.24) is 5.32 Å². The number of rotatable bonds is 5. The molecule has 1 saturated heterocycles. The Kier molecular flexibility index (Phi) is 4.36. The van der Waals surface area contributed by atoms with Crippen molar-refractivity contribution in [3.05, 3.63) is 29.3 Å². The van der Waals surface area contributed by atoms with Crippen LogP contribution in [0.3, 0.4) is 0 Å². The van der Waals surface area contributed by atoms with E-state index in [1.807, 2.05) is 6.07 Å². The molecule has 0 saturated carbocycles. The second-order valence-corrected chi connectivity index (χ2v) is 6.41. The zero-order chi connectivity index (χ0) is 14.8. The van der Waals surface area contributed by atoms with Gasteiger partial charge in [0.1, 0.15) is 5.75 Å². The van der Waals surface area contributed by atoms with Crippen molar-refractivity contribution in [2.75, 3.05) is 7.11 Å². The zero-order valence-electron chi connectivity index (χ0n) is 13.0. The quantitative estimate of drug-likeness (QED) is 0.896.